The molecule has 21 heavy (non-hydrogen) atoms. The number of nitro groups is 1. The van der Waals surface area contributed by atoms with Gasteiger partial charge in [0.05, 0.1) is 24.0 Å². The summed E-state index contributed by atoms with van der Waals surface area (Å²) in [6, 6.07) is 4.03. The van der Waals surface area contributed by atoms with Gasteiger partial charge in [0, 0.05) is 23.9 Å². The third-order valence-electron chi connectivity index (χ3n) is 2.96. The molecule has 7 heteroatoms. The fraction of sp³-hybridized carbons (Fsp3) is 0.500. The van der Waals surface area contributed by atoms with E-state index in [-0.39, 0.29) is 24.1 Å². The van der Waals surface area contributed by atoms with Gasteiger partial charge < -0.3 is 15.2 Å². The zero-order valence-corrected chi connectivity index (χ0v) is 12.3. The molecule has 116 valence electrons. The number of nitrogens with one attached hydrogen (secondary N) is 1. The van der Waals surface area contributed by atoms with Gasteiger partial charge in [0.25, 0.3) is 5.69 Å². The van der Waals surface area contributed by atoms with Gasteiger partial charge in [-0.2, -0.15) is 0 Å². The Morgan fingerprint density at radius 3 is 2.57 bits per heavy atom. The minimum absolute atomic E-state index is 0.0652. The van der Waals surface area contributed by atoms with Crippen molar-refractivity contribution < 1.29 is 19.6 Å². The molecule has 0 radical (unpaired) electrons. The van der Waals surface area contributed by atoms with Crippen molar-refractivity contribution in [1.82, 2.24) is 0 Å². The number of benzene rings is 1. The van der Waals surface area contributed by atoms with Crippen LogP contribution in [0, 0.1) is 16.0 Å². The van der Waals surface area contributed by atoms with Gasteiger partial charge in [-0.15, -0.1) is 0 Å². The lowest BCUT2D eigenvalue weighted by Gasteiger charge is -2.22. The van der Waals surface area contributed by atoms with Gasteiger partial charge in [-0.25, -0.2) is 0 Å². The third kappa shape index (κ3) is 5.29. The van der Waals surface area contributed by atoms with E-state index in [4.69, 9.17) is 9.84 Å². The first kappa shape index (κ1) is 16.7. The molecule has 0 fully saturated rings. The van der Waals surface area contributed by atoms with E-state index in [9.17, 15) is 14.9 Å². The van der Waals surface area contributed by atoms with Gasteiger partial charge in [0.15, 0.2) is 0 Å². The summed E-state index contributed by atoms with van der Waals surface area (Å²) < 4.78 is 5.30. The summed E-state index contributed by atoms with van der Waals surface area (Å²) in [5, 5.41) is 22.9. The van der Waals surface area contributed by atoms with E-state index in [0.717, 1.165) is 0 Å². The highest BCUT2D eigenvalue weighted by Gasteiger charge is 2.19. The number of hydrogen-bond acceptors (Lipinski definition) is 5. The molecule has 0 aliphatic heterocycles. The second kappa shape index (κ2) is 7.47. The number of carboxylic acid groups (broad SMARTS) is 1. The van der Waals surface area contributed by atoms with Crippen molar-refractivity contribution in [3.05, 3.63) is 28.3 Å². The molecule has 1 aromatic carbocycles. The van der Waals surface area contributed by atoms with Gasteiger partial charge in [0.2, 0.25) is 0 Å². The maximum Gasteiger partial charge on any atom is 0.305 e. The monoisotopic (exact) mass is 296 g/mol. The van der Waals surface area contributed by atoms with Gasteiger partial charge >= 0.3 is 5.97 Å². The molecular weight excluding hydrogens is 276 g/mol. The highest BCUT2D eigenvalue weighted by molar-refractivity contribution is 5.68. The topological polar surface area (TPSA) is 102 Å². The average molecular weight is 296 g/mol. The zero-order chi connectivity index (χ0) is 16.0. The molecule has 2 N–H and O–H groups in total. The minimum Gasteiger partial charge on any atom is -0.494 e. The molecule has 0 aliphatic carbocycles. The van der Waals surface area contributed by atoms with E-state index in [1.165, 1.54) is 12.1 Å². The van der Waals surface area contributed by atoms with E-state index in [1.54, 1.807) is 13.0 Å². The van der Waals surface area contributed by atoms with Crippen LogP contribution in [0.1, 0.15) is 27.2 Å². The number of carbonyl (C=O) groups is 1. The molecule has 1 atom stereocenters. The maximum atomic E-state index is 10.9. The van der Waals surface area contributed by atoms with Crippen LogP contribution in [-0.2, 0) is 4.79 Å². The Morgan fingerprint density at radius 2 is 2.10 bits per heavy atom. The van der Waals surface area contributed by atoms with Gasteiger partial charge in [-0.05, 0) is 12.8 Å². The first-order valence-electron chi connectivity index (χ1n) is 6.74. The highest BCUT2D eigenvalue weighted by atomic mass is 16.6. The first-order valence-corrected chi connectivity index (χ1v) is 6.74. The molecule has 0 saturated heterocycles. The number of rotatable bonds is 8. The SMILES string of the molecule is CCOc1cc(NC(CC(=O)O)C(C)C)cc([N+](=O)[O-])c1. The van der Waals surface area contributed by atoms with Gasteiger partial charge in [-0.3, -0.25) is 14.9 Å². The van der Waals surface area contributed by atoms with Crippen LogP contribution in [0.4, 0.5) is 11.4 Å². The number of carboxylic acids is 1. The van der Waals surface area contributed by atoms with Crippen LogP contribution in [0.25, 0.3) is 0 Å². The second-order valence-electron chi connectivity index (χ2n) is 5.00. The second-order valence-corrected chi connectivity index (χ2v) is 5.00. The fourth-order valence-corrected chi connectivity index (χ4v) is 1.88. The van der Waals surface area contributed by atoms with Crippen molar-refractivity contribution in [2.75, 3.05) is 11.9 Å². The largest absolute Gasteiger partial charge is 0.494 e. The van der Waals surface area contributed by atoms with Crippen LogP contribution in [0.2, 0.25) is 0 Å². The van der Waals surface area contributed by atoms with Gasteiger partial charge in [-0.1, -0.05) is 13.8 Å². The molecule has 0 bridgehead atoms. The molecule has 0 aliphatic rings. The molecule has 1 rings (SSSR count). The maximum absolute atomic E-state index is 10.9. The van der Waals surface area contributed by atoms with Crippen molar-refractivity contribution >= 4 is 17.3 Å². The summed E-state index contributed by atoms with van der Waals surface area (Å²) in [5.74, 6) is -0.473. The molecular formula is C14H20N2O5. The minimum atomic E-state index is -0.920. The molecule has 0 amide bonds. The summed E-state index contributed by atoms with van der Waals surface area (Å²) >= 11 is 0. The Bertz CT molecular complexity index is 516. The predicted molar refractivity (Wildman–Crippen MR) is 78.8 cm³/mol. The zero-order valence-electron chi connectivity index (χ0n) is 12.3. The number of nitro benzene ring substituents is 1. The van der Waals surface area contributed by atoms with Crippen LogP contribution < -0.4 is 10.1 Å². The quantitative estimate of drug-likeness (QED) is 0.565. The molecule has 0 heterocycles. The number of nitrogens with zero attached hydrogens (tertiary/aromatic N) is 1. The lowest BCUT2D eigenvalue weighted by atomic mass is 10.0. The van der Waals surface area contributed by atoms with Crippen LogP contribution in [0.3, 0.4) is 0 Å². The summed E-state index contributed by atoms with van der Waals surface area (Å²) in [5.41, 5.74) is 0.383. The summed E-state index contributed by atoms with van der Waals surface area (Å²) in [6.45, 7) is 5.96. The molecule has 7 nitrogen and oxygen atoms in total. The van der Waals surface area contributed by atoms with E-state index in [2.05, 4.69) is 5.32 Å². The average Bonchev–Trinajstić information content (AvgIpc) is 2.37. The Hall–Kier alpha value is -2.31. The number of aliphatic carboxylic acids is 1. The number of anilines is 1. The van der Waals surface area contributed by atoms with E-state index in [0.29, 0.717) is 18.0 Å². The number of ether oxygens (including phenoxy) is 1. The van der Waals surface area contributed by atoms with E-state index >= 15 is 0 Å². The standard InChI is InChI=1S/C14H20N2O5/c1-4-21-12-6-10(5-11(7-12)16(19)20)15-13(9(2)3)8-14(17)18/h5-7,9,13,15H,4,8H2,1-3H3,(H,17,18). The lowest BCUT2D eigenvalue weighted by Crippen LogP contribution is -2.28. The molecule has 0 saturated carbocycles. The molecule has 1 aromatic rings. The lowest BCUT2D eigenvalue weighted by molar-refractivity contribution is -0.384. The number of hydrogen-bond donors (Lipinski definition) is 2. The van der Waals surface area contributed by atoms with Crippen LogP contribution in [0.15, 0.2) is 18.2 Å². The summed E-state index contributed by atoms with van der Waals surface area (Å²) in [6.07, 6.45) is -0.0652. The highest BCUT2D eigenvalue weighted by Crippen LogP contribution is 2.27. The van der Waals surface area contributed by atoms with Crippen LogP contribution in [0.5, 0.6) is 5.75 Å². The smallest absolute Gasteiger partial charge is 0.305 e. The molecule has 0 aromatic heterocycles. The van der Waals surface area contributed by atoms with Crippen molar-refractivity contribution in [3.8, 4) is 5.75 Å². The molecule has 1 unspecified atom stereocenters. The van der Waals surface area contributed by atoms with Crippen LogP contribution in [-0.4, -0.2) is 28.6 Å². The van der Waals surface area contributed by atoms with E-state index < -0.39 is 10.9 Å². The Balaban J connectivity index is 3.03. The molecule has 0 spiro atoms. The van der Waals surface area contributed by atoms with Crippen molar-refractivity contribution in [2.24, 2.45) is 5.92 Å². The third-order valence-corrected chi connectivity index (χ3v) is 2.96. The van der Waals surface area contributed by atoms with Crippen molar-refractivity contribution in [2.45, 2.75) is 33.2 Å². The first-order chi connectivity index (χ1) is 9.83. The van der Waals surface area contributed by atoms with Crippen molar-refractivity contribution in [1.29, 1.82) is 0 Å². The van der Waals surface area contributed by atoms with Gasteiger partial charge in [0.1, 0.15) is 5.75 Å². The Morgan fingerprint density at radius 1 is 1.43 bits per heavy atom. The fourth-order valence-electron chi connectivity index (χ4n) is 1.88. The van der Waals surface area contributed by atoms with Crippen molar-refractivity contribution in [3.63, 3.8) is 0 Å². The van der Waals surface area contributed by atoms with Crippen LogP contribution >= 0.6 is 0 Å². The predicted octanol–water partition coefficient (Wildman–Crippen LogP) is 2.90. The normalized spacial score (nSPS) is 12.0. The Labute approximate surface area is 123 Å². The van der Waals surface area contributed by atoms with E-state index in [1.807, 2.05) is 13.8 Å². The summed E-state index contributed by atoms with van der Waals surface area (Å²) in [7, 11) is 0. The Kier molecular flexibility index (Phi) is 5.95. The summed E-state index contributed by atoms with van der Waals surface area (Å²) in [4.78, 5) is 21.3. The number of non-ortho nitro benzene ring substituents is 1.